The molecule has 0 aliphatic heterocycles. The van der Waals surface area contributed by atoms with E-state index in [0.717, 1.165) is 25.3 Å². The Kier molecular flexibility index (Phi) is 5.10. The van der Waals surface area contributed by atoms with Gasteiger partial charge in [0.15, 0.2) is 0 Å². The van der Waals surface area contributed by atoms with Crippen LogP contribution in [0.4, 0.5) is 5.69 Å². The van der Waals surface area contributed by atoms with E-state index in [0.29, 0.717) is 13.1 Å². The molecular formula is C11H20N4. The summed E-state index contributed by atoms with van der Waals surface area (Å²) in [6.45, 7) is 3.96. The van der Waals surface area contributed by atoms with Gasteiger partial charge in [-0.25, -0.2) is 0 Å². The molecule has 1 rings (SSSR count). The van der Waals surface area contributed by atoms with E-state index in [4.69, 9.17) is 17.2 Å². The van der Waals surface area contributed by atoms with Gasteiger partial charge in [-0.3, -0.25) is 4.90 Å². The number of rotatable bonds is 6. The number of nitrogens with two attached hydrogens (primary N) is 3. The molecule has 0 aromatic heterocycles. The number of hydrogen-bond acceptors (Lipinski definition) is 4. The Morgan fingerprint density at radius 3 is 1.93 bits per heavy atom. The van der Waals surface area contributed by atoms with Crippen LogP contribution in [0.2, 0.25) is 0 Å². The predicted molar refractivity (Wildman–Crippen MR) is 64.2 cm³/mol. The number of benzene rings is 1. The molecule has 0 amide bonds. The molecule has 0 saturated heterocycles. The van der Waals surface area contributed by atoms with Crippen molar-refractivity contribution in [3.63, 3.8) is 0 Å². The van der Waals surface area contributed by atoms with Crippen LogP contribution in [0.1, 0.15) is 5.56 Å². The summed E-state index contributed by atoms with van der Waals surface area (Å²) in [4.78, 5) is 2.24. The lowest BCUT2D eigenvalue weighted by Crippen LogP contribution is -2.33. The predicted octanol–water partition coefficient (Wildman–Crippen LogP) is -0.0118. The Hall–Kier alpha value is -1.10. The van der Waals surface area contributed by atoms with Crippen LogP contribution >= 0.6 is 0 Å². The molecule has 0 fully saturated rings. The van der Waals surface area contributed by atoms with Crippen LogP contribution in [0.3, 0.4) is 0 Å². The lowest BCUT2D eigenvalue weighted by Gasteiger charge is -2.20. The molecule has 0 radical (unpaired) electrons. The highest BCUT2D eigenvalue weighted by Gasteiger charge is 2.03. The maximum Gasteiger partial charge on any atom is 0.0314 e. The summed E-state index contributed by atoms with van der Waals surface area (Å²) in [5.74, 6) is 0. The highest BCUT2D eigenvalue weighted by atomic mass is 15.1. The Morgan fingerprint density at radius 2 is 1.47 bits per heavy atom. The van der Waals surface area contributed by atoms with Gasteiger partial charge < -0.3 is 17.2 Å². The maximum absolute atomic E-state index is 5.62. The van der Waals surface area contributed by atoms with Crippen molar-refractivity contribution in [2.24, 2.45) is 11.5 Å². The van der Waals surface area contributed by atoms with Gasteiger partial charge in [-0.2, -0.15) is 0 Å². The van der Waals surface area contributed by atoms with E-state index < -0.39 is 0 Å². The fourth-order valence-electron chi connectivity index (χ4n) is 1.52. The lowest BCUT2D eigenvalue weighted by molar-refractivity contribution is 0.281. The number of nitrogens with zero attached hydrogens (tertiary/aromatic N) is 1. The molecule has 0 unspecified atom stereocenters. The van der Waals surface area contributed by atoms with Crippen molar-refractivity contribution in [3.05, 3.63) is 29.8 Å². The first-order valence-electron chi connectivity index (χ1n) is 5.23. The normalized spacial score (nSPS) is 10.9. The average Bonchev–Trinajstić information content (AvgIpc) is 2.22. The molecule has 1 aromatic carbocycles. The molecule has 4 heteroatoms. The van der Waals surface area contributed by atoms with Crippen LogP contribution in [-0.2, 0) is 6.54 Å². The van der Waals surface area contributed by atoms with Gasteiger partial charge in [-0.15, -0.1) is 0 Å². The van der Waals surface area contributed by atoms with Crippen LogP contribution in [-0.4, -0.2) is 31.1 Å². The molecule has 0 spiro atoms. The Bertz CT molecular complexity index is 264. The zero-order chi connectivity index (χ0) is 11.1. The standard InChI is InChI=1S/C11H20N4/c12-5-7-15(8-6-13)9-10-1-3-11(14)4-2-10/h1-4H,5-9,12-14H2. The third-order valence-corrected chi connectivity index (χ3v) is 2.28. The van der Waals surface area contributed by atoms with E-state index in [2.05, 4.69) is 4.90 Å². The highest BCUT2D eigenvalue weighted by molar-refractivity contribution is 5.39. The number of anilines is 1. The summed E-state index contributed by atoms with van der Waals surface area (Å²) >= 11 is 0. The second kappa shape index (κ2) is 6.40. The van der Waals surface area contributed by atoms with Crippen molar-refractivity contribution in [3.8, 4) is 0 Å². The number of nitrogen functional groups attached to an aromatic ring is 1. The van der Waals surface area contributed by atoms with E-state index in [1.165, 1.54) is 5.56 Å². The van der Waals surface area contributed by atoms with Gasteiger partial charge in [0, 0.05) is 38.4 Å². The zero-order valence-electron chi connectivity index (χ0n) is 9.02. The number of hydrogen-bond donors (Lipinski definition) is 3. The second-order valence-corrected chi connectivity index (χ2v) is 3.60. The summed E-state index contributed by atoms with van der Waals surface area (Å²) in [6, 6.07) is 7.90. The smallest absolute Gasteiger partial charge is 0.0314 e. The Balaban J connectivity index is 2.53. The summed E-state index contributed by atoms with van der Waals surface area (Å²) in [6.07, 6.45) is 0. The molecule has 0 bridgehead atoms. The fourth-order valence-corrected chi connectivity index (χ4v) is 1.52. The van der Waals surface area contributed by atoms with Crippen molar-refractivity contribution in [1.29, 1.82) is 0 Å². The second-order valence-electron chi connectivity index (χ2n) is 3.60. The van der Waals surface area contributed by atoms with Crippen LogP contribution < -0.4 is 17.2 Å². The van der Waals surface area contributed by atoms with Crippen LogP contribution in [0.5, 0.6) is 0 Å². The van der Waals surface area contributed by atoms with Crippen LogP contribution in [0, 0.1) is 0 Å². The van der Waals surface area contributed by atoms with Gasteiger partial charge in [-0.05, 0) is 17.7 Å². The van der Waals surface area contributed by atoms with E-state index in [-0.39, 0.29) is 0 Å². The highest BCUT2D eigenvalue weighted by Crippen LogP contribution is 2.07. The van der Waals surface area contributed by atoms with Crippen molar-refractivity contribution in [1.82, 2.24) is 4.90 Å². The largest absolute Gasteiger partial charge is 0.399 e. The quantitative estimate of drug-likeness (QED) is 0.574. The first-order valence-corrected chi connectivity index (χ1v) is 5.23. The fraction of sp³-hybridized carbons (Fsp3) is 0.455. The topological polar surface area (TPSA) is 81.3 Å². The minimum Gasteiger partial charge on any atom is -0.399 e. The van der Waals surface area contributed by atoms with E-state index in [1.807, 2.05) is 24.3 Å². The molecule has 6 N–H and O–H groups in total. The molecule has 0 aliphatic carbocycles. The molecule has 1 aromatic rings. The van der Waals surface area contributed by atoms with Gasteiger partial charge in [0.05, 0.1) is 0 Å². The molecule has 0 heterocycles. The first-order chi connectivity index (χ1) is 7.26. The van der Waals surface area contributed by atoms with Crippen molar-refractivity contribution >= 4 is 5.69 Å². The summed E-state index contributed by atoms with van der Waals surface area (Å²) in [5, 5.41) is 0. The van der Waals surface area contributed by atoms with Gasteiger partial charge >= 0.3 is 0 Å². The van der Waals surface area contributed by atoms with Gasteiger partial charge in [0.2, 0.25) is 0 Å². The molecular weight excluding hydrogens is 188 g/mol. The van der Waals surface area contributed by atoms with E-state index in [9.17, 15) is 0 Å². The molecule has 4 nitrogen and oxygen atoms in total. The molecule has 84 valence electrons. The van der Waals surface area contributed by atoms with Crippen molar-refractivity contribution in [2.75, 3.05) is 31.9 Å². The van der Waals surface area contributed by atoms with Gasteiger partial charge in [0.1, 0.15) is 0 Å². The molecule has 0 aliphatic rings. The van der Waals surface area contributed by atoms with Gasteiger partial charge in [0.25, 0.3) is 0 Å². The van der Waals surface area contributed by atoms with Gasteiger partial charge in [-0.1, -0.05) is 12.1 Å². The van der Waals surface area contributed by atoms with E-state index >= 15 is 0 Å². The third kappa shape index (κ3) is 4.29. The van der Waals surface area contributed by atoms with Crippen molar-refractivity contribution in [2.45, 2.75) is 6.54 Å². The monoisotopic (exact) mass is 208 g/mol. The summed E-state index contributed by atoms with van der Waals surface area (Å²) in [5.41, 5.74) is 18.7. The SMILES string of the molecule is NCCN(CCN)Cc1ccc(N)cc1. The molecule has 0 atom stereocenters. The zero-order valence-corrected chi connectivity index (χ0v) is 9.02. The lowest BCUT2D eigenvalue weighted by atomic mass is 10.2. The van der Waals surface area contributed by atoms with Crippen LogP contribution in [0.25, 0.3) is 0 Å². The maximum atomic E-state index is 5.62. The summed E-state index contributed by atoms with van der Waals surface area (Å²) < 4.78 is 0. The Morgan fingerprint density at radius 1 is 0.933 bits per heavy atom. The first kappa shape index (κ1) is 12.0. The minimum absolute atomic E-state index is 0.662. The average molecular weight is 208 g/mol. The van der Waals surface area contributed by atoms with Crippen LogP contribution in [0.15, 0.2) is 24.3 Å². The van der Waals surface area contributed by atoms with Crippen molar-refractivity contribution < 1.29 is 0 Å². The third-order valence-electron chi connectivity index (χ3n) is 2.28. The minimum atomic E-state index is 0.662. The Labute approximate surface area is 91.0 Å². The van der Waals surface area contributed by atoms with E-state index in [1.54, 1.807) is 0 Å². The molecule has 15 heavy (non-hydrogen) atoms. The summed E-state index contributed by atoms with van der Waals surface area (Å²) in [7, 11) is 0. The molecule has 0 saturated carbocycles.